The number of hydrogen-bond donors (Lipinski definition) is 1. The number of benzene rings is 1. The van der Waals surface area contributed by atoms with Crippen LogP contribution in [0.1, 0.15) is 34.1 Å². The zero-order chi connectivity index (χ0) is 15.5. The average molecular weight is 288 g/mol. The molecule has 1 N–H and O–H groups in total. The summed E-state index contributed by atoms with van der Waals surface area (Å²) in [4.78, 5) is 12.5. The van der Waals surface area contributed by atoms with Gasteiger partial charge in [-0.25, -0.2) is 4.68 Å². The van der Waals surface area contributed by atoms with Gasteiger partial charge in [0.25, 0.3) is 5.56 Å². The van der Waals surface area contributed by atoms with Crippen LogP contribution in [0.4, 0.5) is 0 Å². The molecule has 0 radical (unpaired) electrons. The highest BCUT2D eigenvalue weighted by Crippen LogP contribution is 2.20. The molecule has 114 valence electrons. The Balaban J connectivity index is 2.32. The van der Waals surface area contributed by atoms with Gasteiger partial charge in [-0.2, -0.15) is 0 Å². The van der Waals surface area contributed by atoms with Crippen molar-refractivity contribution in [3.63, 3.8) is 0 Å². The summed E-state index contributed by atoms with van der Waals surface area (Å²) >= 11 is 0. The van der Waals surface area contributed by atoms with Crippen LogP contribution in [-0.2, 0) is 6.54 Å². The van der Waals surface area contributed by atoms with E-state index in [1.54, 1.807) is 6.07 Å². The standard InChI is InChI=1S/C16H24N4O/c1-5-10-17-14(16(2,3)4)11-20-15(21)12-8-6-7-9-13(12)18-19-20/h6-9,14,17H,5,10-11H2,1-4H3. The zero-order valence-corrected chi connectivity index (χ0v) is 13.3. The van der Waals surface area contributed by atoms with Crippen LogP contribution in [0.15, 0.2) is 29.1 Å². The Kier molecular flexibility index (Phi) is 4.73. The Bertz CT molecular complexity index is 657. The number of fused-ring (bicyclic) bond motifs is 1. The van der Waals surface area contributed by atoms with Crippen molar-refractivity contribution in [2.75, 3.05) is 6.54 Å². The first-order valence-electron chi connectivity index (χ1n) is 7.49. The molecule has 21 heavy (non-hydrogen) atoms. The number of hydrogen-bond acceptors (Lipinski definition) is 4. The minimum absolute atomic E-state index is 0.0436. The largest absolute Gasteiger partial charge is 0.312 e. The predicted octanol–water partition coefficient (Wildman–Crippen LogP) is 2.21. The molecule has 0 saturated heterocycles. The van der Waals surface area contributed by atoms with Crippen molar-refractivity contribution < 1.29 is 0 Å². The lowest BCUT2D eigenvalue weighted by molar-refractivity contribution is 0.231. The SMILES string of the molecule is CCCNC(Cn1nnc2ccccc2c1=O)C(C)(C)C. The lowest BCUT2D eigenvalue weighted by Gasteiger charge is -2.31. The van der Waals surface area contributed by atoms with Crippen LogP contribution in [-0.4, -0.2) is 27.6 Å². The Hall–Kier alpha value is -1.75. The first-order valence-corrected chi connectivity index (χ1v) is 7.49. The highest BCUT2D eigenvalue weighted by molar-refractivity contribution is 5.76. The summed E-state index contributed by atoms with van der Waals surface area (Å²) in [5.74, 6) is 0. The minimum Gasteiger partial charge on any atom is -0.312 e. The molecule has 5 heteroatoms. The van der Waals surface area contributed by atoms with Gasteiger partial charge in [0.2, 0.25) is 0 Å². The van der Waals surface area contributed by atoms with E-state index in [2.05, 4.69) is 43.3 Å². The second-order valence-corrected chi connectivity index (χ2v) is 6.47. The molecule has 0 spiro atoms. The van der Waals surface area contributed by atoms with Gasteiger partial charge in [0, 0.05) is 6.04 Å². The number of nitrogens with zero attached hydrogens (tertiary/aromatic N) is 3. The third-order valence-corrected chi connectivity index (χ3v) is 3.67. The first-order chi connectivity index (χ1) is 9.93. The van der Waals surface area contributed by atoms with E-state index in [0.29, 0.717) is 17.4 Å². The van der Waals surface area contributed by atoms with E-state index in [9.17, 15) is 4.79 Å². The van der Waals surface area contributed by atoms with Gasteiger partial charge in [0.05, 0.1) is 11.9 Å². The highest BCUT2D eigenvalue weighted by atomic mass is 16.1. The Morgan fingerprint density at radius 3 is 2.67 bits per heavy atom. The molecule has 0 amide bonds. The summed E-state index contributed by atoms with van der Waals surface area (Å²) in [5, 5.41) is 12.4. The summed E-state index contributed by atoms with van der Waals surface area (Å²) in [5.41, 5.74) is 0.614. The number of aromatic nitrogens is 3. The summed E-state index contributed by atoms with van der Waals surface area (Å²) in [6.07, 6.45) is 1.06. The monoisotopic (exact) mass is 288 g/mol. The average Bonchev–Trinajstić information content (AvgIpc) is 2.44. The number of rotatable bonds is 5. The smallest absolute Gasteiger partial charge is 0.277 e. The fraction of sp³-hybridized carbons (Fsp3) is 0.562. The Labute approximate surface area is 125 Å². The molecule has 1 aromatic carbocycles. The topological polar surface area (TPSA) is 59.8 Å². The number of nitrogens with one attached hydrogen (secondary N) is 1. The quantitative estimate of drug-likeness (QED) is 0.916. The second-order valence-electron chi connectivity index (χ2n) is 6.47. The van der Waals surface area contributed by atoms with Gasteiger partial charge in [-0.1, -0.05) is 45.0 Å². The highest BCUT2D eigenvalue weighted by Gasteiger charge is 2.25. The maximum Gasteiger partial charge on any atom is 0.277 e. The van der Waals surface area contributed by atoms with Crippen molar-refractivity contribution in [2.45, 2.75) is 46.7 Å². The molecule has 1 unspecified atom stereocenters. The van der Waals surface area contributed by atoms with Gasteiger partial charge in [0.1, 0.15) is 5.52 Å². The fourth-order valence-electron chi connectivity index (χ4n) is 2.28. The molecule has 2 aromatic rings. The lowest BCUT2D eigenvalue weighted by Crippen LogP contribution is -2.46. The maximum absolute atomic E-state index is 12.5. The van der Waals surface area contributed by atoms with Crippen molar-refractivity contribution in [1.29, 1.82) is 0 Å². The van der Waals surface area contributed by atoms with E-state index < -0.39 is 0 Å². The third kappa shape index (κ3) is 3.67. The van der Waals surface area contributed by atoms with E-state index in [0.717, 1.165) is 13.0 Å². The summed E-state index contributed by atoms with van der Waals surface area (Å²) in [7, 11) is 0. The summed E-state index contributed by atoms with van der Waals surface area (Å²) in [6, 6.07) is 7.50. The van der Waals surface area contributed by atoms with E-state index in [1.807, 2.05) is 18.2 Å². The van der Waals surface area contributed by atoms with Crippen molar-refractivity contribution in [3.05, 3.63) is 34.6 Å². The fourth-order valence-corrected chi connectivity index (χ4v) is 2.28. The van der Waals surface area contributed by atoms with Crippen molar-refractivity contribution in [1.82, 2.24) is 20.3 Å². The van der Waals surface area contributed by atoms with Gasteiger partial charge in [-0.05, 0) is 30.5 Å². The van der Waals surface area contributed by atoms with Gasteiger partial charge in [0.15, 0.2) is 0 Å². The molecule has 0 aliphatic carbocycles. The predicted molar refractivity (Wildman–Crippen MR) is 85.3 cm³/mol. The molecule has 0 bridgehead atoms. The summed E-state index contributed by atoms with van der Waals surface area (Å²) in [6.45, 7) is 10.1. The van der Waals surface area contributed by atoms with Gasteiger partial charge >= 0.3 is 0 Å². The minimum atomic E-state index is -0.0758. The van der Waals surface area contributed by atoms with Gasteiger partial charge in [-0.15, -0.1) is 5.10 Å². The molecule has 0 aliphatic heterocycles. The van der Waals surface area contributed by atoms with E-state index in [4.69, 9.17) is 0 Å². The molecule has 1 atom stereocenters. The zero-order valence-electron chi connectivity index (χ0n) is 13.3. The van der Waals surface area contributed by atoms with E-state index in [-0.39, 0.29) is 17.0 Å². The van der Waals surface area contributed by atoms with E-state index in [1.165, 1.54) is 4.68 Å². The van der Waals surface area contributed by atoms with Crippen LogP contribution < -0.4 is 10.9 Å². The van der Waals surface area contributed by atoms with Crippen molar-refractivity contribution in [3.8, 4) is 0 Å². The molecule has 2 rings (SSSR count). The molecule has 5 nitrogen and oxygen atoms in total. The Morgan fingerprint density at radius 2 is 2.00 bits per heavy atom. The van der Waals surface area contributed by atoms with Crippen LogP contribution in [0.25, 0.3) is 10.9 Å². The molecule has 1 aromatic heterocycles. The molecule has 0 aliphatic rings. The van der Waals surface area contributed by atoms with Crippen LogP contribution in [0, 0.1) is 5.41 Å². The molecule has 1 heterocycles. The van der Waals surface area contributed by atoms with E-state index >= 15 is 0 Å². The lowest BCUT2D eigenvalue weighted by atomic mass is 9.86. The van der Waals surface area contributed by atoms with Crippen LogP contribution in [0.5, 0.6) is 0 Å². The second kappa shape index (κ2) is 6.35. The van der Waals surface area contributed by atoms with Crippen LogP contribution in [0.3, 0.4) is 0 Å². The molecular formula is C16H24N4O. The van der Waals surface area contributed by atoms with Gasteiger partial charge < -0.3 is 5.32 Å². The van der Waals surface area contributed by atoms with Crippen LogP contribution in [0.2, 0.25) is 0 Å². The normalized spacial score (nSPS) is 13.5. The maximum atomic E-state index is 12.5. The van der Waals surface area contributed by atoms with Crippen LogP contribution >= 0.6 is 0 Å². The Morgan fingerprint density at radius 1 is 1.29 bits per heavy atom. The summed E-state index contributed by atoms with van der Waals surface area (Å²) < 4.78 is 1.47. The van der Waals surface area contributed by atoms with Crippen molar-refractivity contribution >= 4 is 10.9 Å². The molecule has 0 saturated carbocycles. The van der Waals surface area contributed by atoms with Gasteiger partial charge in [-0.3, -0.25) is 4.79 Å². The third-order valence-electron chi connectivity index (χ3n) is 3.67. The first kappa shape index (κ1) is 15.6. The van der Waals surface area contributed by atoms with Crippen molar-refractivity contribution in [2.24, 2.45) is 5.41 Å². The molecule has 0 fully saturated rings. The molecular weight excluding hydrogens is 264 g/mol.